The quantitative estimate of drug-likeness (QED) is 0.642. The van der Waals surface area contributed by atoms with E-state index >= 15 is 0 Å². The van der Waals surface area contributed by atoms with Crippen LogP contribution in [0.5, 0.6) is 11.5 Å². The molecule has 6 nitrogen and oxygen atoms in total. The summed E-state index contributed by atoms with van der Waals surface area (Å²) in [7, 11) is 0. The summed E-state index contributed by atoms with van der Waals surface area (Å²) in [6.07, 6.45) is 0.922. The lowest BCUT2D eigenvalue weighted by atomic mass is 10.3. The fraction of sp³-hybridized carbons (Fsp3) is 0.500. The van der Waals surface area contributed by atoms with Crippen molar-refractivity contribution >= 4 is 11.8 Å². The zero-order valence-electron chi connectivity index (χ0n) is 13.2. The van der Waals surface area contributed by atoms with Crippen LogP contribution >= 0.6 is 0 Å². The van der Waals surface area contributed by atoms with E-state index < -0.39 is 0 Å². The van der Waals surface area contributed by atoms with Gasteiger partial charge < -0.3 is 20.1 Å². The van der Waals surface area contributed by atoms with Crippen LogP contribution in [0, 0.1) is 0 Å². The summed E-state index contributed by atoms with van der Waals surface area (Å²) < 4.78 is 10.9. The third-order valence-electron chi connectivity index (χ3n) is 2.77. The van der Waals surface area contributed by atoms with Crippen molar-refractivity contribution in [1.82, 2.24) is 10.6 Å². The van der Waals surface area contributed by atoms with E-state index in [0.717, 1.165) is 11.5 Å². The standard InChI is InChI=1S/C16H24N2O4/c1-3-17-16(20)12-18-15(19)6-5-11-22-14-9-7-13(8-10-14)21-4-2/h7-10H,3-6,11-12H2,1-2H3,(H,17,20)(H,18,19). The molecule has 0 atom stereocenters. The van der Waals surface area contributed by atoms with Crippen molar-refractivity contribution in [3.8, 4) is 11.5 Å². The first-order valence-corrected chi connectivity index (χ1v) is 7.54. The van der Waals surface area contributed by atoms with Crippen molar-refractivity contribution in [2.75, 3.05) is 26.3 Å². The Balaban J connectivity index is 2.14. The van der Waals surface area contributed by atoms with Gasteiger partial charge in [-0.3, -0.25) is 9.59 Å². The van der Waals surface area contributed by atoms with Crippen LogP contribution in [0.25, 0.3) is 0 Å². The highest BCUT2D eigenvalue weighted by molar-refractivity contribution is 5.84. The second-order valence-electron chi connectivity index (χ2n) is 4.59. The topological polar surface area (TPSA) is 76.7 Å². The normalized spacial score (nSPS) is 9.91. The van der Waals surface area contributed by atoms with Crippen molar-refractivity contribution in [1.29, 1.82) is 0 Å². The summed E-state index contributed by atoms with van der Waals surface area (Å²) in [4.78, 5) is 22.7. The SMILES string of the molecule is CCNC(=O)CNC(=O)CCCOc1ccc(OCC)cc1. The number of hydrogen-bond donors (Lipinski definition) is 2. The second kappa shape index (κ2) is 10.5. The molecule has 0 heterocycles. The third-order valence-corrected chi connectivity index (χ3v) is 2.77. The first-order chi connectivity index (χ1) is 10.7. The van der Waals surface area contributed by atoms with Gasteiger partial charge in [0.05, 0.1) is 19.8 Å². The van der Waals surface area contributed by atoms with Crippen LogP contribution in [-0.4, -0.2) is 38.1 Å². The minimum absolute atomic E-state index is 0.0203. The fourth-order valence-corrected chi connectivity index (χ4v) is 1.75. The maximum Gasteiger partial charge on any atom is 0.239 e. The number of benzene rings is 1. The van der Waals surface area contributed by atoms with Gasteiger partial charge in [0.15, 0.2) is 0 Å². The maximum absolute atomic E-state index is 11.5. The number of likely N-dealkylation sites (N-methyl/N-ethyl adjacent to an activating group) is 1. The lowest BCUT2D eigenvalue weighted by Gasteiger charge is -2.08. The molecule has 0 saturated carbocycles. The molecular formula is C16H24N2O4. The lowest BCUT2D eigenvalue weighted by molar-refractivity contribution is -0.126. The van der Waals surface area contributed by atoms with Crippen LogP contribution < -0.4 is 20.1 Å². The number of carbonyl (C=O) groups is 2. The zero-order chi connectivity index (χ0) is 16.2. The Bertz CT molecular complexity index is 460. The fourth-order valence-electron chi connectivity index (χ4n) is 1.75. The molecule has 6 heteroatoms. The Kier molecular flexibility index (Phi) is 8.49. The predicted molar refractivity (Wildman–Crippen MR) is 84.0 cm³/mol. The Hall–Kier alpha value is -2.24. The number of carbonyl (C=O) groups excluding carboxylic acids is 2. The van der Waals surface area contributed by atoms with Gasteiger partial charge >= 0.3 is 0 Å². The summed E-state index contributed by atoms with van der Waals surface area (Å²) in [5, 5.41) is 5.18. The third kappa shape index (κ3) is 7.52. The summed E-state index contributed by atoms with van der Waals surface area (Å²) in [5.74, 6) is 1.22. The summed E-state index contributed by atoms with van der Waals surface area (Å²) in [6.45, 7) is 5.42. The van der Waals surface area contributed by atoms with E-state index in [0.29, 0.717) is 32.6 Å². The van der Waals surface area contributed by atoms with E-state index in [1.807, 2.05) is 38.1 Å². The molecule has 0 aliphatic carbocycles. The van der Waals surface area contributed by atoms with E-state index in [-0.39, 0.29) is 18.4 Å². The minimum atomic E-state index is -0.179. The number of amides is 2. The first-order valence-electron chi connectivity index (χ1n) is 7.54. The van der Waals surface area contributed by atoms with Gasteiger partial charge in [0.2, 0.25) is 11.8 Å². The molecule has 0 saturated heterocycles. The number of ether oxygens (including phenoxy) is 2. The van der Waals surface area contributed by atoms with E-state index in [1.54, 1.807) is 0 Å². The molecule has 0 radical (unpaired) electrons. The van der Waals surface area contributed by atoms with Gasteiger partial charge in [0.1, 0.15) is 11.5 Å². The van der Waals surface area contributed by atoms with E-state index in [9.17, 15) is 9.59 Å². The summed E-state index contributed by atoms with van der Waals surface area (Å²) in [5.41, 5.74) is 0. The average molecular weight is 308 g/mol. The van der Waals surface area contributed by atoms with Crippen molar-refractivity contribution in [3.63, 3.8) is 0 Å². The highest BCUT2D eigenvalue weighted by Crippen LogP contribution is 2.17. The smallest absolute Gasteiger partial charge is 0.239 e. The number of hydrogen-bond acceptors (Lipinski definition) is 4. The molecule has 2 N–H and O–H groups in total. The molecule has 1 rings (SSSR count). The maximum atomic E-state index is 11.5. The monoisotopic (exact) mass is 308 g/mol. The van der Waals surface area contributed by atoms with Crippen molar-refractivity contribution in [3.05, 3.63) is 24.3 Å². The number of rotatable bonds is 10. The van der Waals surface area contributed by atoms with Crippen molar-refractivity contribution in [2.45, 2.75) is 26.7 Å². The summed E-state index contributed by atoms with van der Waals surface area (Å²) in [6, 6.07) is 7.36. The van der Waals surface area contributed by atoms with Crippen LogP contribution in [0.3, 0.4) is 0 Å². The Morgan fingerprint density at radius 3 is 2.18 bits per heavy atom. The molecule has 0 aromatic heterocycles. The van der Waals surface area contributed by atoms with Gasteiger partial charge in [-0.1, -0.05) is 0 Å². The highest BCUT2D eigenvalue weighted by Gasteiger charge is 2.04. The van der Waals surface area contributed by atoms with E-state index in [1.165, 1.54) is 0 Å². The van der Waals surface area contributed by atoms with Crippen LogP contribution in [0.15, 0.2) is 24.3 Å². The van der Waals surface area contributed by atoms with Crippen molar-refractivity contribution < 1.29 is 19.1 Å². The largest absolute Gasteiger partial charge is 0.494 e. The van der Waals surface area contributed by atoms with Crippen LogP contribution in [-0.2, 0) is 9.59 Å². The van der Waals surface area contributed by atoms with Crippen LogP contribution in [0.2, 0.25) is 0 Å². The highest BCUT2D eigenvalue weighted by atomic mass is 16.5. The molecule has 0 aliphatic heterocycles. The lowest BCUT2D eigenvalue weighted by Crippen LogP contribution is -2.36. The molecule has 0 spiro atoms. The van der Waals surface area contributed by atoms with Gasteiger partial charge in [0.25, 0.3) is 0 Å². The molecule has 1 aromatic carbocycles. The molecule has 2 amide bonds. The molecule has 0 aliphatic rings. The Morgan fingerprint density at radius 2 is 1.59 bits per heavy atom. The van der Waals surface area contributed by atoms with Gasteiger partial charge in [-0.2, -0.15) is 0 Å². The van der Waals surface area contributed by atoms with Crippen LogP contribution in [0.4, 0.5) is 0 Å². The Labute approximate surface area is 131 Å². The van der Waals surface area contributed by atoms with Gasteiger partial charge in [0, 0.05) is 13.0 Å². The molecule has 122 valence electrons. The molecule has 0 fully saturated rings. The average Bonchev–Trinajstić information content (AvgIpc) is 2.52. The minimum Gasteiger partial charge on any atom is -0.494 e. The first kappa shape index (κ1) is 17.8. The van der Waals surface area contributed by atoms with E-state index in [4.69, 9.17) is 9.47 Å². The van der Waals surface area contributed by atoms with Gasteiger partial charge in [-0.05, 0) is 44.5 Å². The molecule has 1 aromatic rings. The second-order valence-corrected chi connectivity index (χ2v) is 4.59. The molecule has 0 unspecified atom stereocenters. The van der Waals surface area contributed by atoms with Crippen LogP contribution in [0.1, 0.15) is 26.7 Å². The van der Waals surface area contributed by atoms with E-state index in [2.05, 4.69) is 10.6 Å². The zero-order valence-corrected chi connectivity index (χ0v) is 13.2. The number of nitrogens with one attached hydrogen (secondary N) is 2. The molecular weight excluding hydrogens is 284 g/mol. The summed E-state index contributed by atoms with van der Waals surface area (Å²) >= 11 is 0. The molecule has 0 bridgehead atoms. The van der Waals surface area contributed by atoms with Gasteiger partial charge in [-0.25, -0.2) is 0 Å². The van der Waals surface area contributed by atoms with Crippen molar-refractivity contribution in [2.24, 2.45) is 0 Å². The Morgan fingerprint density at radius 1 is 0.955 bits per heavy atom. The molecule has 22 heavy (non-hydrogen) atoms. The van der Waals surface area contributed by atoms with Gasteiger partial charge in [-0.15, -0.1) is 0 Å². The predicted octanol–water partition coefficient (Wildman–Crippen LogP) is 1.50.